The van der Waals surface area contributed by atoms with Crippen LogP contribution in [0.5, 0.6) is 0 Å². The first-order chi connectivity index (χ1) is 49.6. The maximum absolute atomic E-state index is 11.5. The molecule has 1 aromatic carbocycles. The fourth-order valence-corrected chi connectivity index (χ4v) is 3.35. The number of hydroxylamine groups is 2. The van der Waals surface area contributed by atoms with Crippen LogP contribution in [0.15, 0.2) is 34.3 Å². The van der Waals surface area contributed by atoms with Crippen molar-refractivity contribution in [1.29, 1.82) is 5.26 Å². The topological polar surface area (TPSA) is 495 Å². The normalized spacial score (nSPS) is 7.46. The molecule has 0 radical (unpaired) electrons. The van der Waals surface area contributed by atoms with Crippen molar-refractivity contribution in [1.82, 2.24) is 9.89 Å². The van der Waals surface area contributed by atoms with Crippen LogP contribution in [-0.4, -0.2) is 156 Å². The number of benzene rings is 1. The zero-order valence-electron chi connectivity index (χ0n) is 77.8. The van der Waals surface area contributed by atoms with Gasteiger partial charge in [-0.25, -0.2) is 9.89 Å². The minimum atomic E-state index is -3.49. The molecule has 0 bridgehead atoms. The third-order valence-electron chi connectivity index (χ3n) is 7.15. The predicted octanol–water partition coefficient (Wildman–Crippen LogP) is 15.7. The van der Waals surface area contributed by atoms with Crippen LogP contribution in [0.2, 0.25) is 0 Å². The van der Waals surface area contributed by atoms with E-state index in [1.54, 1.807) is 45.2 Å². The first-order valence-electron chi connectivity index (χ1n) is 37.9. The van der Waals surface area contributed by atoms with Gasteiger partial charge in [-0.2, -0.15) is 18.8 Å². The molecule has 25 nitrogen and oxygen atoms in total. The largest absolute Gasteiger partial charge is 0.393 e. The summed E-state index contributed by atoms with van der Waals surface area (Å²) in [5, 5.41) is 21.0. The van der Waals surface area contributed by atoms with E-state index in [-0.39, 0.29) is 16.9 Å². The summed E-state index contributed by atoms with van der Waals surface area (Å²) in [7, 11) is 13.1. The number of hydrazone groups is 1. The number of aryl methyl sites for hydroxylation is 1. The van der Waals surface area contributed by atoms with Gasteiger partial charge >= 0.3 is 0 Å². The molecule has 0 aliphatic heterocycles. The van der Waals surface area contributed by atoms with Gasteiger partial charge in [0.15, 0.2) is 0 Å². The van der Waals surface area contributed by atoms with Gasteiger partial charge in [0.25, 0.3) is 10.0 Å². The van der Waals surface area contributed by atoms with E-state index in [2.05, 4.69) is 156 Å². The quantitative estimate of drug-likeness (QED) is 0.0391. The number of carbonyl (C=O) groups excluding carboxylic acids is 7. The highest BCUT2D eigenvalue weighted by molar-refractivity contribution is 7.89. The highest BCUT2D eigenvalue weighted by Gasteiger charge is 2.11. The molecule has 0 aliphatic rings. The van der Waals surface area contributed by atoms with Gasteiger partial charge in [-0.05, 0) is 114 Å². The van der Waals surface area contributed by atoms with Crippen LogP contribution < -0.4 is 62.2 Å². The fourth-order valence-electron chi connectivity index (χ4n) is 2.51. The molecule has 0 atom stereocenters. The highest BCUT2D eigenvalue weighted by atomic mass is 32.2. The number of rotatable bonds is 17. The Hall–Kier alpha value is -4.86. The summed E-state index contributed by atoms with van der Waals surface area (Å²) < 4.78 is 23.0. The predicted molar refractivity (Wildman–Crippen MR) is 474 cm³/mol. The van der Waals surface area contributed by atoms with Gasteiger partial charge in [-0.3, -0.25) is 28.8 Å². The number of carbonyl (C=O) groups is 7. The summed E-state index contributed by atoms with van der Waals surface area (Å²) in [4.78, 5) is 76.5. The number of aldehydes is 2. The van der Waals surface area contributed by atoms with E-state index in [9.17, 15) is 42.0 Å². The molecule has 0 saturated carbocycles. The van der Waals surface area contributed by atoms with E-state index in [1.807, 2.05) is 117 Å². The molecule has 105 heavy (non-hydrogen) atoms. The van der Waals surface area contributed by atoms with Crippen LogP contribution >= 0.6 is 0 Å². The second-order valence-electron chi connectivity index (χ2n) is 18.8. The lowest BCUT2D eigenvalue weighted by Gasteiger charge is -2.10. The molecule has 1 aromatic rings. The van der Waals surface area contributed by atoms with E-state index in [0.29, 0.717) is 106 Å². The Morgan fingerprint density at radius 1 is 0.486 bits per heavy atom. The molecule has 0 aliphatic carbocycles. The van der Waals surface area contributed by atoms with Gasteiger partial charge in [0.1, 0.15) is 35.7 Å². The zero-order valence-corrected chi connectivity index (χ0v) is 78.6. The number of nitrogens with two attached hydrogens (primary N) is 10. The number of nitrogens with zero attached hydrogens (tertiary/aromatic N) is 3. The second kappa shape index (κ2) is 232. The van der Waals surface area contributed by atoms with E-state index >= 15 is 0 Å². The highest BCUT2D eigenvalue weighted by Crippen LogP contribution is 2.09. The second-order valence-corrected chi connectivity index (χ2v) is 20.5. The molecule has 26 heteroatoms. The lowest BCUT2D eigenvalue weighted by Crippen LogP contribution is -2.23. The lowest BCUT2D eigenvalue weighted by molar-refractivity contribution is -0.168. The van der Waals surface area contributed by atoms with Gasteiger partial charge in [-0.1, -0.05) is 251 Å². The van der Waals surface area contributed by atoms with Crippen LogP contribution in [0.4, 0.5) is 0 Å². The number of nitriles is 1. The molecule has 1 amide bonds. The van der Waals surface area contributed by atoms with Crippen LogP contribution in [0.3, 0.4) is 0 Å². The number of aliphatic hydroxyl groups excluding tert-OH is 1. The summed E-state index contributed by atoms with van der Waals surface area (Å²) >= 11 is 0. The van der Waals surface area contributed by atoms with Crippen LogP contribution in [0, 0.1) is 24.2 Å². The minimum absolute atomic E-state index is 0.00694. The molecule has 1 rings (SSSR count). The van der Waals surface area contributed by atoms with Crippen LogP contribution in [0.25, 0.3) is 0 Å². The monoisotopic (exact) mass is 1550 g/mol. The number of Topliss-reactive ketones (excluding diaryl/α,β-unsaturated/α-hetero) is 4. The molecule has 0 fully saturated rings. The van der Waals surface area contributed by atoms with E-state index < -0.39 is 10.0 Å². The summed E-state index contributed by atoms with van der Waals surface area (Å²) in [6, 6.07) is 8.83. The first-order valence-corrected chi connectivity index (χ1v) is 39.4. The van der Waals surface area contributed by atoms with Crippen molar-refractivity contribution in [2.45, 2.75) is 354 Å². The molecule has 654 valence electrons. The van der Waals surface area contributed by atoms with Crippen molar-refractivity contribution in [3.8, 4) is 6.07 Å². The molecule has 22 N–H and O–H groups in total. The Labute approximate surface area is 657 Å². The molecular weight excluding hydrogens is 1350 g/mol. The average molecular weight is 1550 g/mol. The molecule has 0 unspecified atom stereocenters. The summed E-state index contributed by atoms with van der Waals surface area (Å²) in [6.45, 7) is 61.4. The number of aliphatic hydroxyl groups is 1. The molecule has 0 spiro atoms. The summed E-state index contributed by atoms with van der Waals surface area (Å²) in [5.74, 6) is 2.20. The standard InChI is InChI=1S/C9H12N2O2S.C5H11NO2.C5H12O.4C5H10O.C4H10.C3H9N.C3H5N.2C3H6O.5C3H8.9CH5N/c1-3-10-11-14(12,13)9-6-4-8(2)5-7-9;1-4-5(7)6(2)8-3;5*1-3-5(6)4-2;1-4(2)3;1-3(2)4;3*1-2-3-4;5*1-3-2;9*1-2/h3-7,11H,1-2H3;4H2,1-3H3;5-6H,3-4H2,1-2H3;4*3-4H2,1-2H3;4H,1-3H3;3H,4H2,1-2H3;2H2,1H3;2*3H,2H2,1H3;5*3H2,1-2H3;9*2H2,1H3/b10-3+;;;;;;;;;;;;;;;;;;;;;;;;;. The molecule has 0 aromatic heterocycles. The number of hydrogen-bond donors (Lipinski definition) is 12. The summed E-state index contributed by atoms with van der Waals surface area (Å²) in [5.41, 5.74) is 46.6. The van der Waals surface area contributed by atoms with Gasteiger partial charge < -0.3 is 72.0 Å². The van der Waals surface area contributed by atoms with E-state index in [4.69, 9.17) is 16.1 Å². The average Bonchev–Trinajstić information content (AvgIpc) is 0.853. The van der Waals surface area contributed by atoms with Crippen molar-refractivity contribution in [2.24, 2.45) is 68.4 Å². The third-order valence-corrected chi connectivity index (χ3v) is 8.39. The molecule has 0 saturated heterocycles. The SMILES string of the molecule is C/C=N/NS(=O)(=O)c1ccc(C)cc1.CC(C)C.CC(C)N.CCC.CCC.CCC.CCC.CCC.CCC#N.CCC(=O)CC.CCC(=O)CC.CCC(=O)CC.CCC(=O)CC.CCC(=O)N(C)OC.CCC(O)CC.CCC=O.CCC=O.CN.CN.CN.CN.CN.CN.CN.CN.CN. The van der Waals surface area contributed by atoms with Gasteiger partial charge in [-0.15, -0.1) is 0 Å². The Bertz CT molecular complexity index is 1500. The number of amides is 1. The van der Waals surface area contributed by atoms with Crippen LogP contribution in [-0.2, 0) is 48.4 Å². The smallest absolute Gasteiger partial charge is 0.276 e. The van der Waals surface area contributed by atoms with Crippen molar-refractivity contribution in [2.75, 3.05) is 77.6 Å². The van der Waals surface area contributed by atoms with Crippen molar-refractivity contribution in [3.63, 3.8) is 0 Å². The Balaban J connectivity index is -0.0000000283. The minimum Gasteiger partial charge on any atom is -0.393 e. The Morgan fingerprint density at radius 2 is 0.657 bits per heavy atom. The number of nitrogens with one attached hydrogen (secondary N) is 1. The number of hydrogen-bond acceptors (Lipinski definition) is 23. The van der Waals surface area contributed by atoms with E-state index in [0.717, 1.165) is 36.9 Å². The van der Waals surface area contributed by atoms with E-state index in [1.165, 1.54) is 114 Å². The molecule has 0 heterocycles. The fraction of sp³-hybridized carbons (Fsp3) is 0.810. The van der Waals surface area contributed by atoms with Gasteiger partial charge in [0.05, 0.1) is 24.2 Å². The molecular formula is C79H196N14O11S. The first kappa shape index (κ1) is 174. The van der Waals surface area contributed by atoms with Crippen LogP contribution in [0.1, 0.15) is 335 Å². The maximum atomic E-state index is 11.5. The lowest BCUT2D eigenvalue weighted by atomic mass is 10.2. The van der Waals surface area contributed by atoms with Crippen molar-refractivity contribution in [3.05, 3.63) is 29.8 Å². The Morgan fingerprint density at radius 3 is 0.733 bits per heavy atom. The number of ketones is 4. The summed E-state index contributed by atoms with van der Waals surface area (Å²) in [6.07, 6.45) is 19.0. The Kier molecular flexibility index (Phi) is 385. The van der Waals surface area contributed by atoms with Crippen molar-refractivity contribution < 1.29 is 51.9 Å². The van der Waals surface area contributed by atoms with Gasteiger partial charge in [0, 0.05) is 90.3 Å². The zero-order chi connectivity index (χ0) is 91.1. The van der Waals surface area contributed by atoms with Gasteiger partial charge in [0.2, 0.25) is 5.91 Å². The number of sulfonamides is 1. The third kappa shape index (κ3) is 421. The van der Waals surface area contributed by atoms with Crippen molar-refractivity contribution >= 4 is 57.9 Å². The maximum Gasteiger partial charge on any atom is 0.276 e.